The van der Waals surface area contributed by atoms with Crippen LogP contribution in [0.1, 0.15) is 64.4 Å². The molecular formula is C27H38N4O2. The van der Waals surface area contributed by atoms with E-state index in [0.29, 0.717) is 47.6 Å². The average molecular weight is 451 g/mol. The molecule has 0 saturated heterocycles. The van der Waals surface area contributed by atoms with Crippen LogP contribution in [-0.4, -0.2) is 34.8 Å². The van der Waals surface area contributed by atoms with Crippen LogP contribution in [0.4, 0.5) is 11.5 Å². The van der Waals surface area contributed by atoms with Gasteiger partial charge in [-0.2, -0.15) is 0 Å². The number of nitrogen functional groups attached to an aromatic ring is 1. The molecule has 7 atom stereocenters. The third-order valence-electron chi connectivity index (χ3n) is 10.2. The largest absolute Gasteiger partial charge is 0.396 e. The zero-order valence-electron chi connectivity index (χ0n) is 20.4. The summed E-state index contributed by atoms with van der Waals surface area (Å²) in [6.07, 6.45) is 13.2. The molecule has 1 aromatic heterocycles. The molecule has 3 N–H and O–H groups in total. The molecule has 1 aliphatic heterocycles. The van der Waals surface area contributed by atoms with Gasteiger partial charge >= 0.3 is 0 Å². The second kappa shape index (κ2) is 7.85. The number of nitrogens with one attached hydrogen (secondary N) is 1. The third-order valence-corrected chi connectivity index (χ3v) is 10.2. The maximum atomic E-state index is 13.0. The number of hydrogen-bond donors (Lipinski definition) is 2. The smallest absolute Gasteiger partial charge is 0.246 e. The molecule has 6 nitrogen and oxygen atoms in total. The van der Waals surface area contributed by atoms with Gasteiger partial charge in [-0.15, -0.1) is 0 Å². The fourth-order valence-electron chi connectivity index (χ4n) is 8.26. The number of likely N-dealkylation sites (N-methyl/N-ethyl adjacent to an activating group) is 1. The van der Waals surface area contributed by atoms with Crippen molar-refractivity contribution >= 4 is 23.3 Å². The molecule has 5 rings (SSSR count). The fraction of sp³-hybridized carbons (Fsp3) is 0.667. The van der Waals surface area contributed by atoms with Crippen LogP contribution in [0.25, 0.3) is 0 Å². The molecule has 3 aliphatic carbocycles. The van der Waals surface area contributed by atoms with Crippen molar-refractivity contribution in [2.24, 2.45) is 34.5 Å². The predicted molar refractivity (Wildman–Crippen MR) is 130 cm³/mol. The van der Waals surface area contributed by atoms with Crippen molar-refractivity contribution in [3.63, 3.8) is 0 Å². The monoisotopic (exact) mass is 450 g/mol. The average Bonchev–Trinajstić information content (AvgIpc) is 3.10. The first-order chi connectivity index (χ1) is 15.6. The molecule has 4 aliphatic rings. The minimum atomic E-state index is 0.0276. The number of rotatable bonds is 3. The van der Waals surface area contributed by atoms with Crippen molar-refractivity contribution in [2.75, 3.05) is 18.1 Å². The number of nitrogens with two attached hydrogens (primary N) is 1. The van der Waals surface area contributed by atoms with Gasteiger partial charge in [-0.1, -0.05) is 19.9 Å². The van der Waals surface area contributed by atoms with Gasteiger partial charge in [0.25, 0.3) is 0 Å². The highest BCUT2D eigenvalue weighted by Crippen LogP contribution is 2.65. The SMILES string of the molecule is Cc1ccnc(NC(=O)C[C@H]2CCC3C4CCC5N(C)C(=O)C=C[C@]5(C)C4CC[C@@]32C)c1N. The van der Waals surface area contributed by atoms with E-state index in [-0.39, 0.29) is 22.6 Å². The molecule has 2 heterocycles. The van der Waals surface area contributed by atoms with Crippen molar-refractivity contribution in [2.45, 2.75) is 71.8 Å². The molecule has 3 saturated carbocycles. The van der Waals surface area contributed by atoms with E-state index in [1.165, 1.54) is 19.3 Å². The number of amides is 2. The first-order valence-electron chi connectivity index (χ1n) is 12.6. The number of fused-ring (bicyclic) bond motifs is 5. The summed E-state index contributed by atoms with van der Waals surface area (Å²) in [5.41, 5.74) is 7.87. The van der Waals surface area contributed by atoms with E-state index < -0.39 is 0 Å². The first-order valence-corrected chi connectivity index (χ1v) is 12.6. The van der Waals surface area contributed by atoms with Gasteiger partial charge in [-0.25, -0.2) is 4.98 Å². The Morgan fingerprint density at radius 1 is 1.21 bits per heavy atom. The normalized spacial score (nSPS) is 39.6. The van der Waals surface area contributed by atoms with Gasteiger partial charge in [0.2, 0.25) is 11.8 Å². The minimum absolute atomic E-state index is 0.0276. The Labute approximate surface area is 197 Å². The molecule has 0 radical (unpaired) electrons. The van der Waals surface area contributed by atoms with Gasteiger partial charge in [0.05, 0.1) is 5.69 Å². The molecule has 6 heteroatoms. The lowest BCUT2D eigenvalue weighted by Gasteiger charge is -2.60. The zero-order chi connectivity index (χ0) is 23.5. The molecular weight excluding hydrogens is 412 g/mol. The standard InChI is InChI=1S/C27H38N4O2/c1-16-11-14-29-25(24(16)28)30-22(32)15-17-5-7-19-18-6-8-21-27(3,13-10-23(33)31(21)4)20(18)9-12-26(17,19)2/h10-11,13-14,17-21H,5-9,12,15,28H2,1-4H3,(H,29,30,32)/t17-,18?,19?,20?,21?,26-,27-/m1/s1. The van der Waals surface area contributed by atoms with E-state index in [1.54, 1.807) is 12.3 Å². The molecule has 0 aromatic carbocycles. The van der Waals surface area contributed by atoms with E-state index in [4.69, 9.17) is 5.73 Å². The zero-order valence-corrected chi connectivity index (χ0v) is 20.4. The second-order valence-electron chi connectivity index (χ2n) is 11.6. The number of aryl methyl sites for hydroxylation is 1. The van der Waals surface area contributed by atoms with E-state index >= 15 is 0 Å². The molecule has 0 spiro atoms. The molecule has 4 unspecified atom stereocenters. The van der Waals surface area contributed by atoms with Crippen LogP contribution in [0.2, 0.25) is 0 Å². The summed E-state index contributed by atoms with van der Waals surface area (Å²) in [6.45, 7) is 6.76. The Balaban J connectivity index is 1.32. The van der Waals surface area contributed by atoms with E-state index in [1.807, 2.05) is 24.9 Å². The third kappa shape index (κ3) is 3.39. The molecule has 1 aromatic rings. The Hall–Kier alpha value is -2.37. The summed E-state index contributed by atoms with van der Waals surface area (Å²) >= 11 is 0. The maximum Gasteiger partial charge on any atom is 0.246 e. The number of aromatic nitrogens is 1. The van der Waals surface area contributed by atoms with Crippen LogP contribution < -0.4 is 11.1 Å². The summed E-state index contributed by atoms with van der Waals surface area (Å²) in [7, 11) is 1.97. The van der Waals surface area contributed by atoms with Gasteiger partial charge in [0.15, 0.2) is 5.82 Å². The predicted octanol–water partition coefficient (Wildman–Crippen LogP) is 4.56. The Bertz CT molecular complexity index is 1010. The maximum absolute atomic E-state index is 13.0. The Morgan fingerprint density at radius 2 is 2.00 bits per heavy atom. The van der Waals surface area contributed by atoms with Crippen LogP contribution in [-0.2, 0) is 9.59 Å². The topological polar surface area (TPSA) is 88.3 Å². The minimum Gasteiger partial charge on any atom is -0.396 e. The van der Waals surface area contributed by atoms with Crippen LogP contribution in [0.3, 0.4) is 0 Å². The lowest BCUT2D eigenvalue weighted by molar-refractivity contribution is -0.139. The van der Waals surface area contributed by atoms with E-state index in [9.17, 15) is 9.59 Å². The van der Waals surface area contributed by atoms with Crippen molar-refractivity contribution in [1.29, 1.82) is 0 Å². The number of carbonyl (C=O) groups excluding carboxylic acids is 2. The highest BCUT2D eigenvalue weighted by molar-refractivity contribution is 5.93. The summed E-state index contributed by atoms with van der Waals surface area (Å²) in [6, 6.07) is 2.17. The van der Waals surface area contributed by atoms with Crippen LogP contribution >= 0.6 is 0 Å². The second-order valence-corrected chi connectivity index (χ2v) is 11.6. The van der Waals surface area contributed by atoms with Crippen molar-refractivity contribution < 1.29 is 9.59 Å². The lowest BCUT2D eigenvalue weighted by atomic mass is 9.47. The summed E-state index contributed by atoms with van der Waals surface area (Å²) in [5.74, 6) is 3.00. The number of anilines is 2. The van der Waals surface area contributed by atoms with Crippen LogP contribution in [0, 0.1) is 41.4 Å². The van der Waals surface area contributed by atoms with Gasteiger partial charge in [-0.3, -0.25) is 9.59 Å². The highest BCUT2D eigenvalue weighted by atomic mass is 16.2. The van der Waals surface area contributed by atoms with Gasteiger partial charge in [-0.05, 0) is 92.2 Å². The number of carbonyl (C=O) groups is 2. The summed E-state index contributed by atoms with van der Waals surface area (Å²) < 4.78 is 0. The van der Waals surface area contributed by atoms with Crippen molar-refractivity contribution in [1.82, 2.24) is 9.88 Å². The molecule has 33 heavy (non-hydrogen) atoms. The molecule has 2 amide bonds. The molecule has 3 fully saturated rings. The number of hydrogen-bond acceptors (Lipinski definition) is 4. The molecule has 0 bridgehead atoms. The van der Waals surface area contributed by atoms with Gasteiger partial charge in [0.1, 0.15) is 0 Å². The fourth-order valence-corrected chi connectivity index (χ4v) is 8.26. The summed E-state index contributed by atoms with van der Waals surface area (Å²) in [5, 5.41) is 2.98. The first kappa shape index (κ1) is 22.4. The lowest BCUT2D eigenvalue weighted by Crippen LogP contribution is -2.59. The highest BCUT2D eigenvalue weighted by Gasteiger charge is 2.60. The van der Waals surface area contributed by atoms with Gasteiger partial charge in [0, 0.05) is 31.1 Å². The summed E-state index contributed by atoms with van der Waals surface area (Å²) in [4.78, 5) is 31.5. The van der Waals surface area contributed by atoms with Crippen LogP contribution in [0.5, 0.6) is 0 Å². The van der Waals surface area contributed by atoms with Gasteiger partial charge < -0.3 is 16.0 Å². The van der Waals surface area contributed by atoms with E-state index in [0.717, 1.165) is 24.8 Å². The Morgan fingerprint density at radius 3 is 2.79 bits per heavy atom. The number of pyridine rings is 1. The quantitative estimate of drug-likeness (QED) is 0.707. The molecule has 178 valence electrons. The van der Waals surface area contributed by atoms with E-state index in [2.05, 4.69) is 30.2 Å². The Kier molecular flexibility index (Phi) is 5.33. The number of nitrogens with zero attached hydrogens (tertiary/aromatic N) is 2. The van der Waals surface area contributed by atoms with Crippen molar-refractivity contribution in [3.8, 4) is 0 Å². The van der Waals surface area contributed by atoms with Crippen LogP contribution in [0.15, 0.2) is 24.4 Å². The van der Waals surface area contributed by atoms with Crippen molar-refractivity contribution in [3.05, 3.63) is 30.0 Å².